The maximum Gasteiger partial charge on any atom is 0.300 e. The number of benzene rings is 1. The van der Waals surface area contributed by atoms with Crippen LogP contribution in [0.25, 0.3) is 11.0 Å². The van der Waals surface area contributed by atoms with E-state index in [0.717, 1.165) is 12.2 Å². The van der Waals surface area contributed by atoms with Gasteiger partial charge in [-0.25, -0.2) is 4.63 Å². The molecule has 1 saturated carbocycles. The summed E-state index contributed by atoms with van der Waals surface area (Å²) in [5, 5.41) is 21.3. The van der Waals surface area contributed by atoms with E-state index in [1.807, 2.05) is 0 Å². The molecule has 1 N–H and O–H groups in total. The number of fused-ring (bicyclic) bond motifs is 1. The van der Waals surface area contributed by atoms with Gasteiger partial charge in [-0.1, -0.05) is 0 Å². The minimum Gasteiger partial charge on any atom is -0.383 e. The number of nitrogens with one attached hydrogen (secondary N) is 1. The molecule has 0 atom stereocenters. The molecular weight excluding hydrogens is 224 g/mol. The summed E-state index contributed by atoms with van der Waals surface area (Å²) in [5.74, 6) is 0.708. The summed E-state index contributed by atoms with van der Waals surface area (Å²) in [5.41, 5.74) is 1.26. The quantitative estimate of drug-likeness (QED) is 0.641. The van der Waals surface area contributed by atoms with Crippen LogP contribution < -0.4 is 5.32 Å². The van der Waals surface area contributed by atoms with E-state index < -0.39 is 4.92 Å². The van der Waals surface area contributed by atoms with Gasteiger partial charge in [0.1, 0.15) is 0 Å². The van der Waals surface area contributed by atoms with E-state index in [0.29, 0.717) is 11.4 Å². The summed E-state index contributed by atoms with van der Waals surface area (Å²) in [7, 11) is 0. The van der Waals surface area contributed by atoms with Crippen LogP contribution in [-0.2, 0) is 0 Å². The fourth-order valence-electron chi connectivity index (χ4n) is 1.72. The first kappa shape index (κ1) is 10.0. The van der Waals surface area contributed by atoms with Gasteiger partial charge in [0, 0.05) is 12.6 Å². The number of nitro groups is 1. The van der Waals surface area contributed by atoms with Crippen LogP contribution in [0.4, 0.5) is 11.4 Å². The van der Waals surface area contributed by atoms with Crippen molar-refractivity contribution < 1.29 is 9.55 Å². The molecule has 17 heavy (non-hydrogen) atoms. The van der Waals surface area contributed by atoms with Crippen LogP contribution in [-0.4, -0.2) is 21.8 Å². The van der Waals surface area contributed by atoms with Crippen molar-refractivity contribution >= 4 is 22.4 Å². The number of aromatic nitrogens is 2. The molecule has 1 fully saturated rings. The Balaban J connectivity index is 1.98. The fraction of sp³-hybridized carbons (Fsp3) is 0.400. The molecule has 0 unspecified atom stereocenters. The smallest absolute Gasteiger partial charge is 0.300 e. The number of anilines is 1. The first-order valence-electron chi connectivity index (χ1n) is 5.39. The average molecular weight is 234 g/mol. The molecule has 3 rings (SSSR count). The Kier molecular flexibility index (Phi) is 2.17. The number of hydrogen-bond donors (Lipinski definition) is 1. The van der Waals surface area contributed by atoms with Crippen molar-refractivity contribution in [2.24, 2.45) is 5.92 Å². The molecule has 7 nitrogen and oxygen atoms in total. The Bertz CT molecular complexity index is 576. The number of nitro benzene ring substituents is 1. The van der Waals surface area contributed by atoms with Crippen molar-refractivity contribution in [1.82, 2.24) is 10.3 Å². The molecule has 0 aliphatic heterocycles. The highest BCUT2D eigenvalue weighted by molar-refractivity contribution is 5.93. The van der Waals surface area contributed by atoms with Crippen LogP contribution in [0.3, 0.4) is 0 Å². The third-order valence-electron chi connectivity index (χ3n) is 2.87. The summed E-state index contributed by atoms with van der Waals surface area (Å²) >= 11 is 0. The van der Waals surface area contributed by atoms with Crippen molar-refractivity contribution in [3.05, 3.63) is 22.2 Å². The lowest BCUT2D eigenvalue weighted by Gasteiger charge is -2.04. The highest BCUT2D eigenvalue weighted by atomic mass is 16.6. The second kappa shape index (κ2) is 3.69. The Labute approximate surface area is 95.9 Å². The van der Waals surface area contributed by atoms with E-state index in [1.165, 1.54) is 18.9 Å². The van der Waals surface area contributed by atoms with Gasteiger partial charge in [-0.2, -0.15) is 0 Å². The van der Waals surface area contributed by atoms with E-state index >= 15 is 0 Å². The zero-order valence-corrected chi connectivity index (χ0v) is 8.92. The molecule has 0 bridgehead atoms. The van der Waals surface area contributed by atoms with Gasteiger partial charge in [0.2, 0.25) is 5.52 Å². The summed E-state index contributed by atoms with van der Waals surface area (Å²) in [6, 6.07) is 3.06. The molecule has 7 heteroatoms. The van der Waals surface area contributed by atoms with Crippen LogP contribution in [0.2, 0.25) is 0 Å². The third kappa shape index (κ3) is 1.79. The van der Waals surface area contributed by atoms with Crippen LogP contribution >= 0.6 is 0 Å². The molecule has 1 aromatic carbocycles. The van der Waals surface area contributed by atoms with Crippen molar-refractivity contribution in [3.63, 3.8) is 0 Å². The fourth-order valence-corrected chi connectivity index (χ4v) is 1.72. The largest absolute Gasteiger partial charge is 0.383 e. The van der Waals surface area contributed by atoms with Crippen LogP contribution in [0.1, 0.15) is 12.8 Å². The van der Waals surface area contributed by atoms with Crippen LogP contribution in [0.5, 0.6) is 0 Å². The zero-order valence-electron chi connectivity index (χ0n) is 8.92. The van der Waals surface area contributed by atoms with Gasteiger partial charge in [-0.05, 0) is 35.1 Å². The van der Waals surface area contributed by atoms with Crippen molar-refractivity contribution in [2.75, 3.05) is 11.9 Å². The molecule has 1 aromatic heterocycles. The predicted molar refractivity (Wildman–Crippen MR) is 59.7 cm³/mol. The summed E-state index contributed by atoms with van der Waals surface area (Å²) in [6.07, 6.45) is 2.47. The van der Waals surface area contributed by atoms with Gasteiger partial charge in [-0.3, -0.25) is 10.1 Å². The van der Waals surface area contributed by atoms with Gasteiger partial charge < -0.3 is 5.32 Å². The molecule has 2 aromatic rings. The van der Waals surface area contributed by atoms with Crippen LogP contribution in [0.15, 0.2) is 16.8 Å². The number of rotatable bonds is 4. The molecule has 0 radical (unpaired) electrons. The first-order chi connectivity index (χ1) is 8.25. The second-order valence-corrected chi connectivity index (χ2v) is 4.18. The molecule has 1 aliphatic carbocycles. The van der Waals surface area contributed by atoms with E-state index in [2.05, 4.69) is 20.3 Å². The molecular formula is C10H10N4O3. The van der Waals surface area contributed by atoms with Gasteiger partial charge in [0.25, 0.3) is 0 Å². The topological polar surface area (TPSA) is 94.1 Å². The Morgan fingerprint density at radius 3 is 2.88 bits per heavy atom. The maximum absolute atomic E-state index is 10.8. The lowest BCUT2D eigenvalue weighted by molar-refractivity contribution is -0.383. The van der Waals surface area contributed by atoms with Gasteiger partial charge in [0.15, 0.2) is 5.52 Å². The van der Waals surface area contributed by atoms with E-state index in [4.69, 9.17) is 0 Å². The van der Waals surface area contributed by atoms with E-state index in [9.17, 15) is 10.1 Å². The minimum absolute atomic E-state index is 0.0850. The summed E-state index contributed by atoms with van der Waals surface area (Å²) in [4.78, 5) is 10.3. The molecule has 1 aliphatic rings. The predicted octanol–water partition coefficient (Wildman–Crippen LogP) is 1.95. The molecule has 1 heterocycles. The van der Waals surface area contributed by atoms with Crippen molar-refractivity contribution in [2.45, 2.75) is 12.8 Å². The lowest BCUT2D eigenvalue weighted by atomic mass is 10.2. The van der Waals surface area contributed by atoms with Gasteiger partial charge >= 0.3 is 5.69 Å². The highest BCUT2D eigenvalue weighted by Crippen LogP contribution is 2.32. The number of non-ortho nitro benzene ring substituents is 1. The molecule has 0 spiro atoms. The Morgan fingerprint density at radius 1 is 1.41 bits per heavy atom. The normalized spacial score (nSPS) is 15.1. The average Bonchev–Trinajstić information content (AvgIpc) is 3.00. The maximum atomic E-state index is 10.8. The van der Waals surface area contributed by atoms with E-state index in [-0.39, 0.29) is 11.2 Å². The minimum atomic E-state index is -0.489. The van der Waals surface area contributed by atoms with Gasteiger partial charge in [0.05, 0.1) is 10.6 Å². The highest BCUT2D eigenvalue weighted by Gasteiger charge is 2.23. The van der Waals surface area contributed by atoms with Crippen molar-refractivity contribution in [3.8, 4) is 0 Å². The SMILES string of the molecule is O=[N+]([O-])c1ccc(NCC2CC2)c2nonc12. The molecule has 0 amide bonds. The van der Waals surface area contributed by atoms with Gasteiger partial charge in [-0.15, -0.1) is 0 Å². The van der Waals surface area contributed by atoms with Crippen LogP contribution in [0, 0.1) is 16.0 Å². The Morgan fingerprint density at radius 2 is 2.18 bits per heavy atom. The Hall–Kier alpha value is -2.18. The monoisotopic (exact) mass is 234 g/mol. The van der Waals surface area contributed by atoms with Crippen molar-refractivity contribution in [1.29, 1.82) is 0 Å². The van der Waals surface area contributed by atoms with E-state index in [1.54, 1.807) is 6.07 Å². The lowest BCUT2D eigenvalue weighted by Crippen LogP contribution is -2.04. The number of nitrogens with zero attached hydrogens (tertiary/aromatic N) is 3. The third-order valence-corrected chi connectivity index (χ3v) is 2.87. The standard InChI is InChI=1S/C10H10N4O3/c15-14(16)8-4-3-7(11-5-6-1-2-6)9-10(8)13-17-12-9/h3-4,6,11H,1-2,5H2. The summed E-state index contributed by atoms with van der Waals surface area (Å²) in [6.45, 7) is 0.861. The summed E-state index contributed by atoms with van der Waals surface area (Å²) < 4.78 is 4.57. The second-order valence-electron chi connectivity index (χ2n) is 4.18. The first-order valence-corrected chi connectivity index (χ1v) is 5.39. The number of hydrogen-bond acceptors (Lipinski definition) is 6. The molecule has 88 valence electrons. The molecule has 0 saturated heterocycles. The zero-order chi connectivity index (χ0) is 11.8.